The number of amides is 1. The molecule has 2 rings (SSSR count). The summed E-state index contributed by atoms with van der Waals surface area (Å²) in [7, 11) is 3.57. The van der Waals surface area contributed by atoms with Crippen molar-refractivity contribution in [1.29, 1.82) is 0 Å². The second-order valence-corrected chi connectivity index (χ2v) is 4.65. The van der Waals surface area contributed by atoms with Crippen molar-refractivity contribution in [1.82, 2.24) is 10.2 Å². The number of para-hydroxylation sites is 1. The van der Waals surface area contributed by atoms with Crippen LogP contribution in [0.3, 0.4) is 0 Å². The van der Waals surface area contributed by atoms with Crippen LogP contribution in [-0.2, 0) is 0 Å². The topological polar surface area (TPSA) is 62.6 Å². The average Bonchev–Trinajstić information content (AvgIpc) is 2.46. The number of carbonyl (C=O) groups is 1. The van der Waals surface area contributed by atoms with Crippen molar-refractivity contribution in [2.24, 2.45) is 0 Å². The van der Waals surface area contributed by atoms with Gasteiger partial charge in [-0.3, -0.25) is 9.59 Å². The molecule has 1 heterocycles. The zero-order valence-corrected chi connectivity index (χ0v) is 11.7. The first-order valence-electron chi connectivity index (χ1n) is 6.56. The summed E-state index contributed by atoms with van der Waals surface area (Å²) < 4.78 is 5.53. The van der Waals surface area contributed by atoms with Gasteiger partial charge in [0.15, 0.2) is 11.2 Å². The molecule has 0 unspecified atom stereocenters. The van der Waals surface area contributed by atoms with Gasteiger partial charge in [0.1, 0.15) is 5.58 Å². The molecule has 0 fully saturated rings. The van der Waals surface area contributed by atoms with Crippen LogP contribution >= 0.6 is 0 Å². The molecule has 0 atom stereocenters. The molecule has 0 aliphatic rings. The molecule has 1 aromatic heterocycles. The van der Waals surface area contributed by atoms with Crippen LogP contribution < -0.4 is 10.7 Å². The molecular weight excluding hydrogens is 256 g/mol. The van der Waals surface area contributed by atoms with Crippen LogP contribution in [0, 0.1) is 0 Å². The molecule has 1 amide bonds. The Kier molecular flexibility index (Phi) is 4.53. The minimum absolute atomic E-state index is 0.0839. The van der Waals surface area contributed by atoms with E-state index < -0.39 is 0 Å². The smallest absolute Gasteiger partial charge is 0.289 e. The van der Waals surface area contributed by atoms with E-state index in [0.717, 1.165) is 13.0 Å². The van der Waals surface area contributed by atoms with Crippen molar-refractivity contribution in [3.05, 3.63) is 46.3 Å². The number of nitrogens with one attached hydrogen (secondary N) is 1. The van der Waals surface area contributed by atoms with E-state index in [1.165, 1.54) is 6.07 Å². The third-order valence-corrected chi connectivity index (χ3v) is 3.11. The van der Waals surface area contributed by atoms with Gasteiger partial charge in [-0.15, -0.1) is 0 Å². The molecule has 20 heavy (non-hydrogen) atoms. The van der Waals surface area contributed by atoms with Gasteiger partial charge in [-0.1, -0.05) is 12.1 Å². The Balaban J connectivity index is 2.24. The van der Waals surface area contributed by atoms with Gasteiger partial charge in [0.2, 0.25) is 0 Å². The lowest BCUT2D eigenvalue weighted by atomic mass is 10.2. The van der Waals surface area contributed by atoms with Crippen LogP contribution in [0.15, 0.2) is 39.5 Å². The highest BCUT2D eigenvalue weighted by atomic mass is 16.3. The Morgan fingerprint density at radius 3 is 2.85 bits per heavy atom. The van der Waals surface area contributed by atoms with Crippen molar-refractivity contribution in [3.8, 4) is 0 Å². The van der Waals surface area contributed by atoms with Gasteiger partial charge < -0.3 is 14.6 Å². The lowest BCUT2D eigenvalue weighted by Crippen LogP contribution is -2.30. The Labute approximate surface area is 117 Å². The fourth-order valence-corrected chi connectivity index (χ4v) is 1.99. The number of rotatable bonds is 5. The van der Waals surface area contributed by atoms with E-state index in [1.807, 2.05) is 7.05 Å². The molecule has 0 bridgehead atoms. The quantitative estimate of drug-likeness (QED) is 0.839. The minimum atomic E-state index is -0.274. The average molecular weight is 274 g/mol. The van der Waals surface area contributed by atoms with Crippen LogP contribution in [0.25, 0.3) is 11.0 Å². The Hall–Kier alpha value is -2.14. The third kappa shape index (κ3) is 3.05. The highest BCUT2D eigenvalue weighted by Gasteiger charge is 2.16. The number of nitrogens with zero attached hydrogens (tertiary/aromatic N) is 1. The normalized spacial score (nSPS) is 10.7. The van der Waals surface area contributed by atoms with Gasteiger partial charge in [0.25, 0.3) is 5.91 Å². The fraction of sp³-hybridized carbons (Fsp3) is 0.333. The first-order chi connectivity index (χ1) is 9.63. The Bertz CT molecular complexity index is 663. The molecule has 0 aliphatic carbocycles. The zero-order valence-electron chi connectivity index (χ0n) is 11.7. The Morgan fingerprint density at radius 2 is 2.10 bits per heavy atom. The molecular formula is C15H18N2O3. The van der Waals surface area contributed by atoms with Crippen LogP contribution in [0.5, 0.6) is 0 Å². The van der Waals surface area contributed by atoms with E-state index in [0.29, 0.717) is 17.5 Å². The summed E-state index contributed by atoms with van der Waals surface area (Å²) in [6.45, 7) is 1.44. The molecule has 0 spiro atoms. The molecule has 0 aliphatic heterocycles. The number of fused-ring (bicyclic) bond motifs is 1. The molecule has 2 aromatic rings. The molecule has 0 saturated heterocycles. The summed E-state index contributed by atoms with van der Waals surface area (Å²) in [5.74, 6) is -0.190. The SMILES string of the molecule is CNCCCN(C)C(=O)c1cc(=O)c2ccccc2o1. The first-order valence-corrected chi connectivity index (χ1v) is 6.56. The van der Waals surface area contributed by atoms with E-state index in [9.17, 15) is 9.59 Å². The number of hydrogen-bond donors (Lipinski definition) is 1. The van der Waals surface area contributed by atoms with Gasteiger partial charge in [0.05, 0.1) is 5.39 Å². The largest absolute Gasteiger partial charge is 0.451 e. The van der Waals surface area contributed by atoms with E-state index in [4.69, 9.17) is 4.42 Å². The molecule has 1 aromatic carbocycles. The summed E-state index contributed by atoms with van der Waals surface area (Å²) in [4.78, 5) is 25.7. The summed E-state index contributed by atoms with van der Waals surface area (Å²) in [6.07, 6.45) is 0.844. The predicted octanol–water partition coefficient (Wildman–Crippen LogP) is 1.47. The lowest BCUT2D eigenvalue weighted by molar-refractivity contribution is 0.0763. The van der Waals surface area contributed by atoms with E-state index in [-0.39, 0.29) is 17.1 Å². The maximum Gasteiger partial charge on any atom is 0.289 e. The van der Waals surface area contributed by atoms with Gasteiger partial charge in [0, 0.05) is 19.7 Å². The molecule has 0 radical (unpaired) electrons. The van der Waals surface area contributed by atoms with Crippen molar-refractivity contribution in [2.45, 2.75) is 6.42 Å². The monoisotopic (exact) mass is 274 g/mol. The summed E-state index contributed by atoms with van der Waals surface area (Å²) in [5.41, 5.74) is 0.241. The second-order valence-electron chi connectivity index (χ2n) is 4.65. The highest BCUT2D eigenvalue weighted by molar-refractivity contribution is 5.93. The number of hydrogen-bond acceptors (Lipinski definition) is 4. The molecule has 5 nitrogen and oxygen atoms in total. The third-order valence-electron chi connectivity index (χ3n) is 3.11. The molecule has 0 saturated carbocycles. The fourth-order valence-electron chi connectivity index (χ4n) is 1.99. The van der Waals surface area contributed by atoms with Gasteiger partial charge in [-0.25, -0.2) is 0 Å². The summed E-state index contributed by atoms with van der Waals surface area (Å²) in [5, 5.41) is 3.51. The van der Waals surface area contributed by atoms with E-state index in [2.05, 4.69) is 5.32 Å². The van der Waals surface area contributed by atoms with Crippen LogP contribution in [-0.4, -0.2) is 38.0 Å². The lowest BCUT2D eigenvalue weighted by Gasteiger charge is -2.16. The standard InChI is InChI=1S/C15H18N2O3/c1-16-8-5-9-17(2)15(19)14-10-12(18)11-6-3-4-7-13(11)20-14/h3-4,6-7,10,16H,5,8-9H2,1-2H3. The van der Waals surface area contributed by atoms with E-state index >= 15 is 0 Å². The van der Waals surface area contributed by atoms with Crippen LogP contribution in [0.2, 0.25) is 0 Å². The van der Waals surface area contributed by atoms with Gasteiger partial charge >= 0.3 is 0 Å². The maximum absolute atomic E-state index is 12.2. The van der Waals surface area contributed by atoms with Crippen molar-refractivity contribution in [3.63, 3.8) is 0 Å². The molecule has 1 N–H and O–H groups in total. The maximum atomic E-state index is 12.2. The van der Waals surface area contributed by atoms with Crippen molar-refractivity contribution >= 4 is 16.9 Å². The zero-order chi connectivity index (χ0) is 14.5. The van der Waals surface area contributed by atoms with Gasteiger partial charge in [-0.05, 0) is 32.1 Å². The molecule has 106 valence electrons. The van der Waals surface area contributed by atoms with E-state index in [1.54, 1.807) is 36.2 Å². The molecule has 5 heteroatoms. The van der Waals surface area contributed by atoms with Crippen LogP contribution in [0.1, 0.15) is 17.0 Å². The number of benzene rings is 1. The first kappa shape index (κ1) is 14.3. The Morgan fingerprint density at radius 1 is 1.35 bits per heavy atom. The van der Waals surface area contributed by atoms with Crippen molar-refractivity contribution < 1.29 is 9.21 Å². The van der Waals surface area contributed by atoms with Crippen LogP contribution in [0.4, 0.5) is 0 Å². The minimum Gasteiger partial charge on any atom is -0.451 e. The van der Waals surface area contributed by atoms with Crippen molar-refractivity contribution in [2.75, 3.05) is 27.2 Å². The summed E-state index contributed by atoms with van der Waals surface area (Å²) >= 11 is 0. The highest BCUT2D eigenvalue weighted by Crippen LogP contribution is 2.12. The van der Waals surface area contributed by atoms with Gasteiger partial charge in [-0.2, -0.15) is 0 Å². The number of carbonyl (C=O) groups excluding carboxylic acids is 1. The predicted molar refractivity (Wildman–Crippen MR) is 78.0 cm³/mol. The summed E-state index contributed by atoms with van der Waals surface area (Å²) in [6, 6.07) is 8.18. The second kappa shape index (κ2) is 6.34.